The third kappa shape index (κ3) is 6.19. The lowest BCUT2D eigenvalue weighted by Gasteiger charge is -2.35. The summed E-state index contributed by atoms with van der Waals surface area (Å²) < 4.78 is 12.5. The first kappa shape index (κ1) is 26.0. The van der Waals surface area contributed by atoms with E-state index in [-0.39, 0.29) is 24.3 Å². The standard InChI is InChI=1S/C28H32BrN3O4/c1-28(2,3)36-27(34)32-23-12-10-20(14-23)25(32)26(33)31-22(16-30)13-19-9-11-21(29)15-24(19)35-17-18-7-5-4-6-8-18/h4-9,11,15,20,22-23,25H,10,12-14,17H2,1-3H3,(H,31,33)/t20-,22?,23+,25-/m0/s1. The summed E-state index contributed by atoms with van der Waals surface area (Å²) in [5.74, 6) is 0.431. The maximum Gasteiger partial charge on any atom is 0.411 e. The summed E-state index contributed by atoms with van der Waals surface area (Å²) in [7, 11) is 0. The van der Waals surface area contributed by atoms with E-state index in [9.17, 15) is 14.9 Å². The quantitative estimate of drug-likeness (QED) is 0.497. The number of likely N-dealkylation sites (tertiary alicyclic amines) is 1. The molecule has 1 saturated carbocycles. The molecule has 8 heteroatoms. The van der Waals surface area contributed by atoms with Crippen molar-refractivity contribution in [1.29, 1.82) is 5.26 Å². The van der Waals surface area contributed by atoms with Gasteiger partial charge in [-0.05, 0) is 69.2 Å². The zero-order valence-electron chi connectivity index (χ0n) is 20.9. The Morgan fingerprint density at radius 3 is 2.64 bits per heavy atom. The number of hydrogen-bond acceptors (Lipinski definition) is 5. The van der Waals surface area contributed by atoms with Crippen LogP contribution in [0.15, 0.2) is 53.0 Å². The van der Waals surface area contributed by atoms with Crippen LogP contribution in [0.4, 0.5) is 4.79 Å². The molecule has 2 aliphatic rings. The zero-order chi connectivity index (χ0) is 25.9. The topological polar surface area (TPSA) is 91.7 Å². The second kappa shape index (κ2) is 10.9. The number of piperidine rings is 1. The fourth-order valence-electron chi connectivity index (χ4n) is 5.08. The van der Waals surface area contributed by atoms with E-state index in [1.54, 1.807) is 4.90 Å². The molecule has 190 valence electrons. The van der Waals surface area contributed by atoms with Gasteiger partial charge in [-0.25, -0.2) is 4.79 Å². The van der Waals surface area contributed by atoms with E-state index >= 15 is 0 Å². The third-order valence-electron chi connectivity index (χ3n) is 6.62. The Bertz CT molecular complexity index is 1140. The molecule has 0 radical (unpaired) electrons. The maximum absolute atomic E-state index is 13.4. The van der Waals surface area contributed by atoms with Crippen LogP contribution in [0.5, 0.6) is 5.75 Å². The SMILES string of the molecule is CC(C)(C)OC(=O)N1[C@@H]2CC[C@@H](C2)[C@H]1C(=O)NC(C#N)Cc1ccc(Br)cc1OCc1ccccc1. The van der Waals surface area contributed by atoms with Gasteiger partial charge in [-0.2, -0.15) is 5.26 Å². The summed E-state index contributed by atoms with van der Waals surface area (Å²) in [6.45, 7) is 5.84. The Labute approximate surface area is 220 Å². The van der Waals surface area contributed by atoms with Gasteiger partial charge in [0.2, 0.25) is 5.91 Å². The Kier molecular flexibility index (Phi) is 7.89. The van der Waals surface area contributed by atoms with Crippen LogP contribution in [0.2, 0.25) is 0 Å². The summed E-state index contributed by atoms with van der Waals surface area (Å²) >= 11 is 3.49. The van der Waals surface area contributed by atoms with Crippen molar-refractivity contribution in [3.05, 3.63) is 64.1 Å². The van der Waals surface area contributed by atoms with Crippen molar-refractivity contribution in [2.24, 2.45) is 5.92 Å². The zero-order valence-corrected chi connectivity index (χ0v) is 22.5. The van der Waals surface area contributed by atoms with E-state index in [1.807, 2.05) is 69.3 Å². The molecule has 1 unspecified atom stereocenters. The number of hydrogen-bond donors (Lipinski definition) is 1. The molecule has 4 atom stereocenters. The molecule has 1 aliphatic heterocycles. The van der Waals surface area contributed by atoms with E-state index in [1.165, 1.54) is 0 Å². The van der Waals surface area contributed by atoms with Gasteiger partial charge in [-0.1, -0.05) is 52.3 Å². The van der Waals surface area contributed by atoms with E-state index in [4.69, 9.17) is 9.47 Å². The lowest BCUT2D eigenvalue weighted by Crippen LogP contribution is -2.55. The molecule has 36 heavy (non-hydrogen) atoms. The maximum atomic E-state index is 13.4. The number of carbonyl (C=O) groups excluding carboxylic acids is 2. The summed E-state index contributed by atoms with van der Waals surface area (Å²) in [5.41, 5.74) is 1.21. The minimum absolute atomic E-state index is 0.00518. The number of fused-ring (bicyclic) bond motifs is 2. The molecular formula is C28H32BrN3O4. The smallest absolute Gasteiger partial charge is 0.411 e. The van der Waals surface area contributed by atoms with E-state index < -0.39 is 23.8 Å². The molecule has 2 aromatic rings. The molecule has 2 aromatic carbocycles. The van der Waals surface area contributed by atoms with Gasteiger partial charge in [-0.3, -0.25) is 9.69 Å². The van der Waals surface area contributed by atoms with Crippen LogP contribution in [-0.4, -0.2) is 40.6 Å². The normalized spacial score (nSPS) is 21.5. The number of nitriles is 1. The van der Waals surface area contributed by atoms with Gasteiger partial charge in [0.25, 0.3) is 0 Å². The number of nitrogens with one attached hydrogen (secondary N) is 1. The van der Waals surface area contributed by atoms with Crippen LogP contribution in [0.25, 0.3) is 0 Å². The van der Waals surface area contributed by atoms with Crippen molar-refractivity contribution in [3.8, 4) is 11.8 Å². The number of ether oxygens (including phenoxy) is 2. The predicted octanol–water partition coefficient (Wildman–Crippen LogP) is 5.37. The first-order valence-electron chi connectivity index (χ1n) is 12.3. The van der Waals surface area contributed by atoms with Gasteiger partial charge in [-0.15, -0.1) is 0 Å². The van der Waals surface area contributed by atoms with Gasteiger partial charge in [0.1, 0.15) is 30.0 Å². The molecule has 1 aliphatic carbocycles. The molecular weight excluding hydrogens is 522 g/mol. The molecule has 2 fully saturated rings. The molecule has 0 spiro atoms. The molecule has 1 N–H and O–H groups in total. The Balaban J connectivity index is 1.45. The highest BCUT2D eigenvalue weighted by atomic mass is 79.9. The second-order valence-electron chi connectivity index (χ2n) is 10.5. The minimum Gasteiger partial charge on any atom is -0.489 e. The minimum atomic E-state index is -0.766. The Morgan fingerprint density at radius 1 is 1.19 bits per heavy atom. The van der Waals surface area contributed by atoms with Gasteiger partial charge in [0.15, 0.2) is 0 Å². The van der Waals surface area contributed by atoms with Gasteiger partial charge in [0, 0.05) is 16.9 Å². The van der Waals surface area contributed by atoms with Gasteiger partial charge < -0.3 is 14.8 Å². The van der Waals surface area contributed by atoms with E-state index in [2.05, 4.69) is 27.3 Å². The highest BCUT2D eigenvalue weighted by Crippen LogP contribution is 2.43. The lowest BCUT2D eigenvalue weighted by molar-refractivity contribution is -0.128. The third-order valence-corrected chi connectivity index (χ3v) is 7.11. The average Bonchev–Trinajstić information content (AvgIpc) is 3.45. The number of benzene rings is 2. The van der Waals surface area contributed by atoms with Gasteiger partial charge >= 0.3 is 6.09 Å². The average molecular weight is 554 g/mol. The van der Waals surface area contributed by atoms with E-state index in [0.717, 1.165) is 34.9 Å². The molecule has 2 bridgehead atoms. The lowest BCUT2D eigenvalue weighted by atomic mass is 9.97. The van der Waals surface area contributed by atoms with Crippen LogP contribution in [0.1, 0.15) is 51.2 Å². The van der Waals surface area contributed by atoms with Crippen molar-refractivity contribution in [2.75, 3.05) is 0 Å². The van der Waals surface area contributed by atoms with Crippen molar-refractivity contribution >= 4 is 27.9 Å². The van der Waals surface area contributed by atoms with Crippen molar-refractivity contribution < 1.29 is 19.1 Å². The summed E-state index contributed by atoms with van der Waals surface area (Å²) in [6.07, 6.45) is 2.37. The fourth-order valence-corrected chi connectivity index (χ4v) is 5.42. The Hall–Kier alpha value is -3.05. The summed E-state index contributed by atoms with van der Waals surface area (Å²) in [5, 5.41) is 12.8. The number of amides is 2. The van der Waals surface area contributed by atoms with Crippen molar-refractivity contribution in [1.82, 2.24) is 10.2 Å². The predicted molar refractivity (Wildman–Crippen MR) is 139 cm³/mol. The molecule has 4 rings (SSSR count). The van der Waals surface area contributed by atoms with Crippen LogP contribution in [0.3, 0.4) is 0 Å². The molecule has 0 aromatic heterocycles. The molecule has 1 saturated heterocycles. The van der Waals surface area contributed by atoms with Crippen molar-refractivity contribution in [3.63, 3.8) is 0 Å². The fraction of sp³-hybridized carbons (Fsp3) is 0.464. The summed E-state index contributed by atoms with van der Waals surface area (Å²) in [6, 6.07) is 16.3. The number of carbonyl (C=O) groups is 2. The largest absolute Gasteiger partial charge is 0.489 e. The molecule has 7 nitrogen and oxygen atoms in total. The number of nitrogens with zero attached hydrogens (tertiary/aromatic N) is 2. The van der Waals surface area contributed by atoms with Crippen LogP contribution >= 0.6 is 15.9 Å². The highest BCUT2D eigenvalue weighted by Gasteiger charge is 2.52. The summed E-state index contributed by atoms with van der Waals surface area (Å²) in [4.78, 5) is 27.9. The molecule has 1 heterocycles. The van der Waals surface area contributed by atoms with Crippen LogP contribution in [-0.2, 0) is 22.6 Å². The van der Waals surface area contributed by atoms with Crippen molar-refractivity contribution in [2.45, 2.75) is 76.8 Å². The second-order valence-corrected chi connectivity index (χ2v) is 11.4. The van der Waals surface area contributed by atoms with E-state index in [0.29, 0.717) is 12.4 Å². The van der Waals surface area contributed by atoms with Crippen LogP contribution < -0.4 is 10.1 Å². The first-order valence-corrected chi connectivity index (χ1v) is 13.1. The Morgan fingerprint density at radius 2 is 1.94 bits per heavy atom. The van der Waals surface area contributed by atoms with Gasteiger partial charge in [0.05, 0.1) is 6.07 Å². The highest BCUT2D eigenvalue weighted by molar-refractivity contribution is 9.10. The first-order chi connectivity index (χ1) is 17.1. The molecule has 2 amide bonds. The number of rotatable bonds is 7. The monoisotopic (exact) mass is 553 g/mol. The number of halogens is 1. The van der Waals surface area contributed by atoms with Crippen LogP contribution in [0, 0.1) is 17.2 Å².